The lowest BCUT2D eigenvalue weighted by Crippen LogP contribution is -2.23. The summed E-state index contributed by atoms with van der Waals surface area (Å²) in [5, 5.41) is 6.88. The second-order valence-corrected chi connectivity index (χ2v) is 6.66. The molecular formula is C17H14F2N4O3S. The number of halogens is 2. The van der Waals surface area contributed by atoms with Crippen molar-refractivity contribution in [3.05, 3.63) is 57.3 Å². The predicted octanol–water partition coefficient (Wildman–Crippen LogP) is 3.07. The highest BCUT2D eigenvalue weighted by molar-refractivity contribution is 7.16. The summed E-state index contributed by atoms with van der Waals surface area (Å²) in [5.74, 6) is -0.442. The number of alkyl halides is 2. The van der Waals surface area contributed by atoms with Crippen LogP contribution in [0.25, 0.3) is 11.3 Å². The van der Waals surface area contributed by atoms with E-state index in [2.05, 4.69) is 20.1 Å². The van der Waals surface area contributed by atoms with Gasteiger partial charge in [0.05, 0.1) is 5.69 Å². The second kappa shape index (κ2) is 7.62. The van der Waals surface area contributed by atoms with E-state index < -0.39 is 12.5 Å². The summed E-state index contributed by atoms with van der Waals surface area (Å²) in [5.41, 5.74) is 1.08. The molecule has 3 aromatic rings. The zero-order chi connectivity index (χ0) is 19.6. The molecule has 140 valence electrons. The maximum absolute atomic E-state index is 12.3. The van der Waals surface area contributed by atoms with Gasteiger partial charge in [-0.15, -0.1) is 11.3 Å². The molecule has 0 aliphatic rings. The number of carbonyl (C=O) groups is 1. The van der Waals surface area contributed by atoms with E-state index in [0.717, 1.165) is 9.56 Å². The Balaban J connectivity index is 1.78. The number of carbonyl (C=O) groups excluding carboxylic acids is 1. The second-order valence-electron chi connectivity index (χ2n) is 5.46. The van der Waals surface area contributed by atoms with Crippen LogP contribution in [0.3, 0.4) is 0 Å². The molecule has 0 unspecified atom stereocenters. The first-order valence-electron chi connectivity index (χ1n) is 7.72. The highest BCUT2D eigenvalue weighted by atomic mass is 32.1. The fourth-order valence-electron chi connectivity index (χ4n) is 2.30. The van der Waals surface area contributed by atoms with Crippen molar-refractivity contribution in [3.63, 3.8) is 0 Å². The fraction of sp³-hybridized carbons (Fsp3) is 0.176. The van der Waals surface area contributed by atoms with Crippen LogP contribution < -0.4 is 15.6 Å². The number of amides is 1. The molecule has 0 fully saturated rings. The molecule has 3 rings (SSSR count). The predicted molar refractivity (Wildman–Crippen MR) is 96.4 cm³/mol. The first kappa shape index (κ1) is 18.6. The third-order valence-corrected chi connectivity index (χ3v) is 4.45. The van der Waals surface area contributed by atoms with Gasteiger partial charge in [-0.25, -0.2) is 9.67 Å². The highest BCUT2D eigenvalue weighted by Gasteiger charge is 2.15. The quantitative estimate of drug-likeness (QED) is 0.721. The van der Waals surface area contributed by atoms with Crippen molar-refractivity contribution in [2.24, 2.45) is 7.05 Å². The van der Waals surface area contributed by atoms with Gasteiger partial charge in [0, 0.05) is 23.6 Å². The van der Waals surface area contributed by atoms with E-state index in [0.29, 0.717) is 16.4 Å². The van der Waals surface area contributed by atoms with Crippen LogP contribution in [0.4, 0.5) is 13.9 Å². The molecule has 0 aliphatic carbocycles. The first-order valence-corrected chi connectivity index (χ1v) is 8.53. The maximum atomic E-state index is 12.3. The van der Waals surface area contributed by atoms with Crippen LogP contribution in [0.2, 0.25) is 0 Å². The van der Waals surface area contributed by atoms with Crippen LogP contribution in [0, 0.1) is 6.92 Å². The van der Waals surface area contributed by atoms with Crippen LogP contribution in [0.15, 0.2) is 41.2 Å². The van der Waals surface area contributed by atoms with Crippen LogP contribution in [-0.4, -0.2) is 27.3 Å². The lowest BCUT2D eigenvalue weighted by molar-refractivity contribution is -0.0498. The number of aryl methyl sites for hydroxylation is 2. The van der Waals surface area contributed by atoms with Crippen LogP contribution in [0.5, 0.6) is 5.75 Å². The molecular weight excluding hydrogens is 378 g/mol. The minimum absolute atomic E-state index is 0.0518. The standard InChI is InChI=1S/C17H14F2N4O3S/c1-9-14(10-3-5-11(6-4-10)26-16(18)19)20-17(27-9)21-15(25)12-7-8-13(24)23(2)22-12/h3-8,16H,1-2H3,(H,20,21,25). The first-order chi connectivity index (χ1) is 12.8. The number of nitrogens with zero attached hydrogens (tertiary/aromatic N) is 3. The number of aromatic nitrogens is 3. The van der Waals surface area contributed by atoms with E-state index in [-0.39, 0.29) is 17.0 Å². The van der Waals surface area contributed by atoms with Gasteiger partial charge in [0.15, 0.2) is 5.13 Å². The number of rotatable bonds is 5. The van der Waals surface area contributed by atoms with Crippen molar-refractivity contribution in [1.82, 2.24) is 14.8 Å². The summed E-state index contributed by atoms with van der Waals surface area (Å²) in [4.78, 5) is 28.8. The topological polar surface area (TPSA) is 86.1 Å². The minimum atomic E-state index is -2.88. The summed E-state index contributed by atoms with van der Waals surface area (Å²) in [6.45, 7) is -1.05. The molecule has 0 spiro atoms. The highest BCUT2D eigenvalue weighted by Crippen LogP contribution is 2.31. The number of ether oxygens (including phenoxy) is 1. The largest absolute Gasteiger partial charge is 0.435 e. The SMILES string of the molecule is Cc1sc(NC(=O)c2ccc(=O)n(C)n2)nc1-c1ccc(OC(F)F)cc1. The molecule has 27 heavy (non-hydrogen) atoms. The Kier molecular flexibility index (Phi) is 5.26. The van der Waals surface area contributed by atoms with E-state index in [4.69, 9.17) is 0 Å². The fourth-order valence-corrected chi connectivity index (χ4v) is 3.13. The molecule has 0 saturated carbocycles. The average molecular weight is 392 g/mol. The van der Waals surface area contributed by atoms with E-state index in [9.17, 15) is 18.4 Å². The summed E-state index contributed by atoms with van der Waals surface area (Å²) >= 11 is 1.26. The lowest BCUT2D eigenvalue weighted by atomic mass is 10.1. The molecule has 0 saturated heterocycles. The van der Waals surface area contributed by atoms with Crippen molar-refractivity contribution < 1.29 is 18.3 Å². The van der Waals surface area contributed by atoms with Gasteiger partial charge >= 0.3 is 6.61 Å². The molecule has 0 bridgehead atoms. The number of anilines is 1. The molecule has 7 nitrogen and oxygen atoms in total. The van der Waals surface area contributed by atoms with E-state index >= 15 is 0 Å². The van der Waals surface area contributed by atoms with E-state index in [1.807, 2.05) is 6.92 Å². The number of hydrogen-bond donors (Lipinski definition) is 1. The van der Waals surface area contributed by atoms with Gasteiger partial charge < -0.3 is 4.74 Å². The molecule has 0 radical (unpaired) electrons. The summed E-state index contributed by atoms with van der Waals surface area (Å²) in [6.07, 6.45) is 0. The summed E-state index contributed by atoms with van der Waals surface area (Å²) < 4.78 is 29.8. The van der Waals surface area contributed by atoms with Crippen molar-refractivity contribution in [1.29, 1.82) is 0 Å². The third-order valence-electron chi connectivity index (χ3n) is 3.56. The molecule has 1 amide bonds. The third kappa shape index (κ3) is 4.34. The number of thiazole rings is 1. The van der Waals surface area contributed by atoms with E-state index in [1.165, 1.54) is 42.6 Å². The Morgan fingerprint density at radius 3 is 2.56 bits per heavy atom. The molecule has 1 aromatic carbocycles. The maximum Gasteiger partial charge on any atom is 0.387 e. The van der Waals surface area contributed by atoms with Crippen molar-refractivity contribution >= 4 is 22.4 Å². The molecule has 0 aliphatic heterocycles. The van der Waals surface area contributed by atoms with Crippen molar-refractivity contribution in [2.75, 3.05) is 5.32 Å². The molecule has 2 heterocycles. The average Bonchev–Trinajstić information content (AvgIpc) is 2.97. The van der Waals surface area contributed by atoms with E-state index in [1.54, 1.807) is 12.1 Å². The van der Waals surface area contributed by atoms with Crippen molar-refractivity contribution in [3.8, 4) is 17.0 Å². The monoisotopic (exact) mass is 392 g/mol. The lowest BCUT2D eigenvalue weighted by Gasteiger charge is -2.05. The Morgan fingerprint density at radius 1 is 1.22 bits per heavy atom. The Bertz CT molecular complexity index is 1030. The van der Waals surface area contributed by atoms with Crippen LogP contribution >= 0.6 is 11.3 Å². The van der Waals surface area contributed by atoms with Crippen LogP contribution in [-0.2, 0) is 7.05 Å². The van der Waals surface area contributed by atoms with Crippen molar-refractivity contribution in [2.45, 2.75) is 13.5 Å². The van der Waals surface area contributed by atoms with Gasteiger partial charge in [-0.1, -0.05) is 0 Å². The van der Waals surface area contributed by atoms with Crippen LogP contribution in [0.1, 0.15) is 15.4 Å². The molecule has 10 heteroatoms. The Morgan fingerprint density at radius 2 is 1.93 bits per heavy atom. The molecule has 2 aromatic heterocycles. The Labute approximate surface area is 156 Å². The van der Waals surface area contributed by atoms with Gasteiger partial charge in [0.1, 0.15) is 11.4 Å². The zero-order valence-corrected chi connectivity index (χ0v) is 15.1. The summed E-state index contributed by atoms with van der Waals surface area (Å²) in [7, 11) is 1.45. The zero-order valence-electron chi connectivity index (χ0n) is 14.3. The van der Waals surface area contributed by atoms with Gasteiger partial charge in [0.2, 0.25) is 0 Å². The number of benzene rings is 1. The molecule has 1 N–H and O–H groups in total. The molecule has 0 atom stereocenters. The smallest absolute Gasteiger partial charge is 0.387 e. The number of hydrogen-bond acceptors (Lipinski definition) is 6. The minimum Gasteiger partial charge on any atom is -0.435 e. The van der Waals surface area contributed by atoms with Gasteiger partial charge in [-0.3, -0.25) is 14.9 Å². The van der Waals surface area contributed by atoms with Gasteiger partial charge in [-0.05, 0) is 37.3 Å². The Hall–Kier alpha value is -3.14. The van der Waals surface area contributed by atoms with Gasteiger partial charge in [0.25, 0.3) is 11.5 Å². The van der Waals surface area contributed by atoms with Gasteiger partial charge in [-0.2, -0.15) is 13.9 Å². The normalized spacial score (nSPS) is 10.9. The summed E-state index contributed by atoms with van der Waals surface area (Å²) in [6, 6.07) is 8.66. The number of nitrogens with one attached hydrogen (secondary N) is 1.